The summed E-state index contributed by atoms with van der Waals surface area (Å²) >= 11 is 0. The minimum Gasteiger partial charge on any atom is -0.309 e. The molecule has 0 bridgehead atoms. The van der Waals surface area contributed by atoms with E-state index < -0.39 is 0 Å². The van der Waals surface area contributed by atoms with Crippen LogP contribution in [-0.2, 0) is 4.84 Å². The maximum Gasteiger partial charge on any atom is 0.151 e. The topological polar surface area (TPSA) is 37.7 Å². The molecule has 1 fully saturated rings. The Kier molecular flexibility index (Phi) is 4.99. The number of nitrogens with zero attached hydrogens (tertiary/aromatic N) is 1. The summed E-state index contributed by atoms with van der Waals surface area (Å²) in [4.78, 5) is 7.00. The zero-order valence-electron chi connectivity index (χ0n) is 6.46. The third-order valence-corrected chi connectivity index (χ3v) is 1.36. The predicted octanol–water partition coefficient (Wildman–Crippen LogP) is 0.611. The fraction of sp³-hybridized carbons (Fsp3) is 1.00. The van der Waals surface area contributed by atoms with Gasteiger partial charge in [-0.1, -0.05) is 0 Å². The molecule has 0 saturated carbocycles. The molecular weight excluding hydrogens is 152 g/mol. The summed E-state index contributed by atoms with van der Waals surface area (Å²) in [5.74, 6) is 0. The van der Waals surface area contributed by atoms with Crippen LogP contribution in [0.1, 0.15) is 12.8 Å². The standard InChI is InChI=1S/C6H14N2O.ClH/c1-8(2)5-3-4-6-7-9-6;/h6-7H,3-5H2,1-2H3;1H. The van der Waals surface area contributed by atoms with Crippen molar-refractivity contribution in [1.29, 1.82) is 0 Å². The van der Waals surface area contributed by atoms with Crippen molar-refractivity contribution in [3.8, 4) is 0 Å². The van der Waals surface area contributed by atoms with Gasteiger partial charge in [0, 0.05) is 0 Å². The fourth-order valence-electron chi connectivity index (χ4n) is 0.759. The number of hydrogen-bond donors (Lipinski definition) is 1. The largest absolute Gasteiger partial charge is 0.309 e. The van der Waals surface area contributed by atoms with E-state index in [1.807, 2.05) is 0 Å². The van der Waals surface area contributed by atoms with E-state index in [9.17, 15) is 0 Å². The molecule has 62 valence electrons. The normalized spacial score (nSPS) is 22.5. The first-order chi connectivity index (χ1) is 4.29. The van der Waals surface area contributed by atoms with E-state index in [1.165, 1.54) is 6.42 Å². The average Bonchev–Trinajstić information content (AvgIpc) is 2.48. The smallest absolute Gasteiger partial charge is 0.151 e. The van der Waals surface area contributed by atoms with Crippen molar-refractivity contribution < 1.29 is 4.84 Å². The summed E-state index contributed by atoms with van der Waals surface area (Å²) in [5, 5.41) is 0. The van der Waals surface area contributed by atoms with Gasteiger partial charge in [0.25, 0.3) is 0 Å². The van der Waals surface area contributed by atoms with Crippen LogP contribution in [0.4, 0.5) is 0 Å². The quantitative estimate of drug-likeness (QED) is 0.622. The van der Waals surface area contributed by atoms with Crippen molar-refractivity contribution in [1.82, 2.24) is 10.4 Å². The van der Waals surface area contributed by atoms with Crippen molar-refractivity contribution in [3.63, 3.8) is 0 Å². The van der Waals surface area contributed by atoms with Crippen molar-refractivity contribution in [2.75, 3.05) is 20.6 Å². The van der Waals surface area contributed by atoms with Gasteiger partial charge in [-0.25, -0.2) is 0 Å². The van der Waals surface area contributed by atoms with Crippen LogP contribution < -0.4 is 5.48 Å². The van der Waals surface area contributed by atoms with E-state index >= 15 is 0 Å². The van der Waals surface area contributed by atoms with Gasteiger partial charge in [0.1, 0.15) is 0 Å². The molecule has 1 unspecified atom stereocenters. The number of rotatable bonds is 4. The third kappa shape index (κ3) is 4.99. The molecule has 1 aliphatic heterocycles. The number of nitrogens with one attached hydrogen (secondary N) is 1. The molecule has 1 heterocycles. The summed E-state index contributed by atoms with van der Waals surface area (Å²) in [6.07, 6.45) is 2.72. The summed E-state index contributed by atoms with van der Waals surface area (Å²) in [5.41, 5.74) is 2.79. The third-order valence-electron chi connectivity index (χ3n) is 1.36. The Morgan fingerprint density at radius 3 is 2.50 bits per heavy atom. The van der Waals surface area contributed by atoms with Crippen molar-refractivity contribution in [2.45, 2.75) is 19.1 Å². The predicted molar refractivity (Wildman–Crippen MR) is 43.0 cm³/mol. The second kappa shape index (κ2) is 4.91. The number of halogens is 1. The zero-order valence-corrected chi connectivity index (χ0v) is 7.28. The molecule has 1 saturated heterocycles. The van der Waals surface area contributed by atoms with Gasteiger partial charge < -0.3 is 4.90 Å². The SMILES string of the molecule is CN(C)CCCC1NO1.Cl. The maximum atomic E-state index is 4.82. The lowest BCUT2D eigenvalue weighted by Gasteiger charge is -2.06. The highest BCUT2D eigenvalue weighted by Crippen LogP contribution is 2.07. The van der Waals surface area contributed by atoms with Crippen LogP contribution in [-0.4, -0.2) is 31.8 Å². The second-order valence-electron chi connectivity index (χ2n) is 2.67. The Hall–Kier alpha value is 0.170. The van der Waals surface area contributed by atoms with E-state index in [2.05, 4.69) is 24.5 Å². The van der Waals surface area contributed by atoms with Crippen molar-refractivity contribution >= 4 is 12.4 Å². The molecule has 0 aromatic heterocycles. The van der Waals surface area contributed by atoms with E-state index in [0.717, 1.165) is 13.0 Å². The molecular formula is C6H15ClN2O. The molecule has 0 aromatic rings. The van der Waals surface area contributed by atoms with E-state index in [-0.39, 0.29) is 12.4 Å². The van der Waals surface area contributed by atoms with Gasteiger partial charge in [0.05, 0.1) is 0 Å². The lowest BCUT2D eigenvalue weighted by Crippen LogP contribution is -2.13. The molecule has 1 rings (SSSR count). The van der Waals surface area contributed by atoms with Crippen LogP contribution in [0.15, 0.2) is 0 Å². The summed E-state index contributed by atoms with van der Waals surface area (Å²) in [6, 6.07) is 0. The highest BCUT2D eigenvalue weighted by atomic mass is 35.5. The lowest BCUT2D eigenvalue weighted by atomic mass is 10.3. The fourth-order valence-corrected chi connectivity index (χ4v) is 0.759. The summed E-state index contributed by atoms with van der Waals surface area (Å²) in [6.45, 7) is 1.15. The van der Waals surface area contributed by atoms with Crippen molar-refractivity contribution in [3.05, 3.63) is 0 Å². The van der Waals surface area contributed by atoms with Crippen LogP contribution in [0, 0.1) is 0 Å². The summed E-state index contributed by atoms with van der Waals surface area (Å²) in [7, 11) is 4.17. The van der Waals surface area contributed by atoms with Gasteiger partial charge in [-0.05, 0) is 33.5 Å². The minimum atomic E-state index is 0. The van der Waals surface area contributed by atoms with Crippen LogP contribution in [0.25, 0.3) is 0 Å². The number of hydroxylamine groups is 1. The van der Waals surface area contributed by atoms with E-state index in [1.54, 1.807) is 0 Å². The van der Waals surface area contributed by atoms with Gasteiger partial charge in [-0.3, -0.25) is 4.84 Å². The molecule has 10 heavy (non-hydrogen) atoms. The monoisotopic (exact) mass is 166 g/mol. The van der Waals surface area contributed by atoms with Crippen molar-refractivity contribution in [2.24, 2.45) is 0 Å². The molecule has 1 atom stereocenters. The van der Waals surface area contributed by atoms with Gasteiger partial charge in [-0.15, -0.1) is 12.4 Å². The van der Waals surface area contributed by atoms with Gasteiger partial charge in [-0.2, -0.15) is 5.48 Å². The summed E-state index contributed by atoms with van der Waals surface area (Å²) < 4.78 is 0. The molecule has 0 aliphatic carbocycles. The average molecular weight is 167 g/mol. The van der Waals surface area contributed by atoms with E-state index in [4.69, 9.17) is 4.84 Å². The molecule has 0 spiro atoms. The Morgan fingerprint density at radius 1 is 1.50 bits per heavy atom. The Balaban J connectivity index is 0.000000810. The Labute approximate surface area is 68.1 Å². The molecule has 1 N–H and O–H groups in total. The maximum absolute atomic E-state index is 4.82. The van der Waals surface area contributed by atoms with Crippen LogP contribution in [0.2, 0.25) is 0 Å². The molecule has 3 nitrogen and oxygen atoms in total. The first-order valence-corrected chi connectivity index (χ1v) is 3.35. The van der Waals surface area contributed by atoms with Crippen LogP contribution in [0.3, 0.4) is 0 Å². The molecule has 1 aliphatic rings. The number of hydrogen-bond acceptors (Lipinski definition) is 3. The van der Waals surface area contributed by atoms with E-state index in [0.29, 0.717) is 6.23 Å². The lowest BCUT2D eigenvalue weighted by molar-refractivity contribution is 0.341. The zero-order chi connectivity index (χ0) is 6.69. The minimum absolute atomic E-state index is 0. The second-order valence-corrected chi connectivity index (χ2v) is 2.67. The molecule has 0 radical (unpaired) electrons. The van der Waals surface area contributed by atoms with Crippen LogP contribution in [0.5, 0.6) is 0 Å². The molecule has 0 aromatic carbocycles. The molecule has 0 amide bonds. The molecule has 4 heteroatoms. The highest BCUT2D eigenvalue weighted by molar-refractivity contribution is 5.85. The Morgan fingerprint density at radius 2 is 2.10 bits per heavy atom. The Bertz CT molecular complexity index is 83.8. The van der Waals surface area contributed by atoms with Gasteiger partial charge in [0.15, 0.2) is 6.23 Å². The highest BCUT2D eigenvalue weighted by Gasteiger charge is 2.20. The van der Waals surface area contributed by atoms with Gasteiger partial charge >= 0.3 is 0 Å². The first-order valence-electron chi connectivity index (χ1n) is 3.35. The van der Waals surface area contributed by atoms with Gasteiger partial charge in [0.2, 0.25) is 0 Å². The van der Waals surface area contributed by atoms with Crippen LogP contribution >= 0.6 is 12.4 Å². The first kappa shape index (κ1) is 10.2.